The number of hydrogen-bond acceptors (Lipinski definition) is 3. The molecule has 9 heteroatoms. The van der Waals surface area contributed by atoms with E-state index in [1.165, 1.54) is 6.07 Å². The van der Waals surface area contributed by atoms with E-state index in [9.17, 15) is 14.9 Å². The molecule has 0 aliphatic rings. The number of aromatic amines is 1. The SMILES string of the molecule is CCc1c(Cl)cc([N+](=O)[O-])c(CC)c1NC(=O)N(c1ccc2[nH]ccc2c1)[C@@H](C)c1ccc(Cl)cc1. The lowest BCUT2D eigenvalue weighted by atomic mass is 10.0. The van der Waals surface area contributed by atoms with Gasteiger partial charge in [0, 0.05) is 33.9 Å². The number of carbonyl (C=O) groups is 1. The van der Waals surface area contributed by atoms with Gasteiger partial charge in [0.15, 0.2) is 0 Å². The second-order valence-electron chi connectivity index (χ2n) is 8.45. The molecule has 0 bridgehead atoms. The third kappa shape index (κ3) is 4.90. The first-order valence-corrected chi connectivity index (χ1v) is 12.4. The van der Waals surface area contributed by atoms with E-state index in [-0.39, 0.29) is 16.8 Å². The van der Waals surface area contributed by atoms with E-state index in [0.29, 0.717) is 40.4 Å². The van der Waals surface area contributed by atoms with Gasteiger partial charge < -0.3 is 10.3 Å². The Hall–Kier alpha value is -3.55. The van der Waals surface area contributed by atoms with Crippen molar-refractivity contribution in [2.45, 2.75) is 39.7 Å². The van der Waals surface area contributed by atoms with Crippen molar-refractivity contribution < 1.29 is 9.72 Å². The van der Waals surface area contributed by atoms with Crippen LogP contribution in [-0.2, 0) is 12.8 Å². The van der Waals surface area contributed by atoms with Crippen LogP contribution >= 0.6 is 23.2 Å². The molecule has 1 aromatic heterocycles. The van der Waals surface area contributed by atoms with Crippen LogP contribution in [0.3, 0.4) is 0 Å². The predicted octanol–water partition coefficient (Wildman–Crippen LogP) is 8.31. The van der Waals surface area contributed by atoms with E-state index >= 15 is 0 Å². The largest absolute Gasteiger partial charge is 0.361 e. The number of fused-ring (bicyclic) bond motifs is 1. The summed E-state index contributed by atoms with van der Waals surface area (Å²) in [6.45, 7) is 5.64. The third-order valence-electron chi connectivity index (χ3n) is 6.37. The van der Waals surface area contributed by atoms with Crippen molar-refractivity contribution in [3.05, 3.63) is 97.6 Å². The second-order valence-corrected chi connectivity index (χ2v) is 9.29. The number of nitro benzene ring substituents is 1. The van der Waals surface area contributed by atoms with Gasteiger partial charge in [-0.15, -0.1) is 0 Å². The number of aromatic nitrogens is 1. The van der Waals surface area contributed by atoms with Crippen LogP contribution in [0.5, 0.6) is 0 Å². The first kappa shape index (κ1) is 25.5. The molecule has 4 aromatic rings. The van der Waals surface area contributed by atoms with Crippen LogP contribution in [0.4, 0.5) is 21.9 Å². The molecule has 0 saturated heterocycles. The molecular weight excluding hydrogens is 499 g/mol. The Morgan fingerprint density at radius 1 is 1.06 bits per heavy atom. The summed E-state index contributed by atoms with van der Waals surface area (Å²) in [6.07, 6.45) is 2.70. The average Bonchev–Trinajstić information content (AvgIpc) is 3.32. The molecule has 3 aromatic carbocycles. The minimum atomic E-state index is -0.465. The molecule has 0 saturated carbocycles. The van der Waals surface area contributed by atoms with Crippen molar-refractivity contribution >= 4 is 57.2 Å². The number of carbonyl (C=O) groups excluding carboxylic acids is 1. The summed E-state index contributed by atoms with van der Waals surface area (Å²) in [4.78, 5) is 30.1. The van der Waals surface area contributed by atoms with Gasteiger partial charge in [-0.25, -0.2) is 4.79 Å². The Balaban J connectivity index is 1.83. The fraction of sp³-hybridized carbons (Fsp3) is 0.222. The zero-order chi connectivity index (χ0) is 26.0. The lowest BCUT2D eigenvalue weighted by Crippen LogP contribution is -2.37. The van der Waals surface area contributed by atoms with Gasteiger partial charge in [0.2, 0.25) is 0 Å². The van der Waals surface area contributed by atoms with Gasteiger partial charge in [-0.3, -0.25) is 15.0 Å². The smallest absolute Gasteiger partial charge is 0.326 e. The van der Waals surface area contributed by atoms with Crippen LogP contribution in [0.2, 0.25) is 10.0 Å². The number of anilines is 2. The van der Waals surface area contributed by atoms with E-state index in [4.69, 9.17) is 23.2 Å². The van der Waals surface area contributed by atoms with E-state index in [1.54, 1.807) is 17.0 Å². The van der Waals surface area contributed by atoms with Crippen LogP contribution in [0, 0.1) is 10.1 Å². The molecule has 0 unspecified atom stereocenters. The molecule has 2 N–H and O–H groups in total. The molecular formula is C27H26Cl2N4O3. The monoisotopic (exact) mass is 524 g/mol. The van der Waals surface area contributed by atoms with E-state index in [1.807, 2.05) is 63.4 Å². The Morgan fingerprint density at radius 2 is 1.75 bits per heavy atom. The van der Waals surface area contributed by atoms with Crippen molar-refractivity contribution in [3.63, 3.8) is 0 Å². The van der Waals surface area contributed by atoms with Gasteiger partial charge in [0.25, 0.3) is 5.69 Å². The maximum Gasteiger partial charge on any atom is 0.326 e. The molecule has 1 atom stereocenters. The van der Waals surface area contributed by atoms with Crippen molar-refractivity contribution in [2.24, 2.45) is 0 Å². The molecule has 36 heavy (non-hydrogen) atoms. The highest BCUT2D eigenvalue weighted by Gasteiger charge is 2.28. The highest BCUT2D eigenvalue weighted by Crippen LogP contribution is 2.38. The number of nitrogens with one attached hydrogen (secondary N) is 2. The van der Waals surface area contributed by atoms with Gasteiger partial charge in [-0.05, 0) is 67.3 Å². The van der Waals surface area contributed by atoms with Gasteiger partial charge in [0.1, 0.15) is 0 Å². The molecule has 0 fully saturated rings. The van der Waals surface area contributed by atoms with E-state index in [0.717, 1.165) is 16.5 Å². The quantitative estimate of drug-likeness (QED) is 0.188. The molecule has 186 valence electrons. The molecule has 0 radical (unpaired) electrons. The Morgan fingerprint density at radius 3 is 2.39 bits per heavy atom. The molecule has 0 spiro atoms. The van der Waals surface area contributed by atoms with E-state index in [2.05, 4.69) is 10.3 Å². The summed E-state index contributed by atoms with van der Waals surface area (Å²) < 4.78 is 0. The number of halogens is 2. The summed E-state index contributed by atoms with van der Waals surface area (Å²) in [5.41, 5.74) is 3.89. The summed E-state index contributed by atoms with van der Waals surface area (Å²) in [5.74, 6) is 0. The maximum atomic E-state index is 14.0. The zero-order valence-corrected chi connectivity index (χ0v) is 21.7. The van der Waals surface area contributed by atoms with Crippen LogP contribution < -0.4 is 10.2 Å². The molecule has 7 nitrogen and oxygen atoms in total. The molecule has 4 rings (SSSR count). The zero-order valence-electron chi connectivity index (χ0n) is 20.1. The fourth-order valence-corrected chi connectivity index (χ4v) is 4.96. The number of nitrogens with zero attached hydrogens (tertiary/aromatic N) is 2. The summed E-state index contributed by atoms with van der Waals surface area (Å²) in [7, 11) is 0. The minimum Gasteiger partial charge on any atom is -0.361 e. The maximum absolute atomic E-state index is 14.0. The highest BCUT2D eigenvalue weighted by molar-refractivity contribution is 6.32. The number of amides is 2. The topological polar surface area (TPSA) is 91.3 Å². The van der Waals surface area contributed by atoms with Crippen LogP contribution in [0.1, 0.15) is 43.5 Å². The average molecular weight is 525 g/mol. The molecule has 0 aliphatic carbocycles. The van der Waals surface area contributed by atoms with Crippen molar-refractivity contribution in [1.82, 2.24) is 4.98 Å². The normalized spacial score (nSPS) is 11.9. The Kier molecular flexibility index (Phi) is 7.52. The number of H-pyrrole nitrogens is 1. The van der Waals surface area contributed by atoms with Crippen molar-refractivity contribution in [3.8, 4) is 0 Å². The number of urea groups is 1. The van der Waals surface area contributed by atoms with Crippen LogP contribution in [-0.4, -0.2) is 15.9 Å². The molecule has 1 heterocycles. The van der Waals surface area contributed by atoms with Crippen LogP contribution in [0.25, 0.3) is 10.9 Å². The minimum absolute atomic E-state index is 0.110. The number of rotatable bonds is 7. The standard InChI is InChI=1S/C27H26Cl2N4O3/c1-4-21-23(29)15-25(33(35)36)22(5-2)26(21)31-27(34)32(16(3)17-6-8-19(28)9-7-17)20-10-11-24-18(14-20)12-13-30-24/h6-16,30H,4-5H2,1-3H3,(H,31,34)/t16-/m0/s1. The van der Waals surface area contributed by atoms with Crippen molar-refractivity contribution in [1.29, 1.82) is 0 Å². The summed E-state index contributed by atoms with van der Waals surface area (Å²) in [6, 6.07) is 15.5. The van der Waals surface area contributed by atoms with E-state index < -0.39 is 11.0 Å². The Bertz CT molecular complexity index is 1430. The lowest BCUT2D eigenvalue weighted by Gasteiger charge is -2.31. The van der Waals surface area contributed by atoms with Crippen LogP contribution in [0.15, 0.2) is 60.8 Å². The molecule has 0 aliphatic heterocycles. The first-order chi connectivity index (χ1) is 17.2. The van der Waals surface area contributed by atoms with Gasteiger partial charge in [0.05, 0.1) is 27.2 Å². The highest BCUT2D eigenvalue weighted by atomic mass is 35.5. The number of hydrogen-bond donors (Lipinski definition) is 2. The summed E-state index contributed by atoms with van der Waals surface area (Å²) >= 11 is 12.5. The number of benzene rings is 3. The lowest BCUT2D eigenvalue weighted by molar-refractivity contribution is -0.385. The first-order valence-electron chi connectivity index (χ1n) is 11.7. The predicted molar refractivity (Wildman–Crippen MR) is 147 cm³/mol. The third-order valence-corrected chi connectivity index (χ3v) is 6.96. The summed E-state index contributed by atoms with van der Waals surface area (Å²) in [5, 5.41) is 16.5. The molecule has 2 amide bonds. The fourth-order valence-electron chi connectivity index (χ4n) is 4.51. The van der Waals surface area contributed by atoms with Crippen molar-refractivity contribution in [2.75, 3.05) is 10.2 Å². The van der Waals surface area contributed by atoms with Gasteiger partial charge >= 0.3 is 6.03 Å². The van der Waals surface area contributed by atoms with Gasteiger partial charge in [-0.1, -0.05) is 49.2 Å². The Labute approximate surface area is 219 Å². The second kappa shape index (κ2) is 10.6. The number of nitro groups is 1. The van der Waals surface area contributed by atoms with Gasteiger partial charge in [-0.2, -0.15) is 0 Å².